The number of nitrogens with zero attached hydrogens (tertiary/aromatic N) is 1. The van der Waals surface area contributed by atoms with Gasteiger partial charge < -0.3 is 4.42 Å². The minimum Gasteiger partial charge on any atom is -0.461 e. The van der Waals surface area contributed by atoms with Crippen LogP contribution < -0.4 is 9.93 Å². The van der Waals surface area contributed by atoms with E-state index in [-0.39, 0.29) is 5.41 Å². The molecule has 2 nitrogen and oxygen atoms in total. The molecule has 0 amide bonds. The highest BCUT2D eigenvalue weighted by atomic mass is 16.3. The normalized spacial score (nSPS) is 11.9. The molecule has 2 aliphatic rings. The van der Waals surface area contributed by atoms with Crippen LogP contribution in [0, 0.1) is 6.92 Å². The first-order valence-corrected chi connectivity index (χ1v) is 7.49. The van der Waals surface area contributed by atoms with Gasteiger partial charge in [0.25, 0.3) is 0 Å². The molecule has 20 heavy (non-hydrogen) atoms. The molecule has 0 aromatic carbocycles. The Morgan fingerprint density at radius 3 is 2.25 bits per heavy atom. The molecule has 0 aromatic heterocycles. The maximum atomic E-state index is 5.95. The molecular weight excluding hydrogens is 246 g/mol. The Bertz CT molecular complexity index is 638. The first kappa shape index (κ1) is 14.8. The zero-order valence-corrected chi connectivity index (χ0v) is 13.6. The molecule has 2 heteroatoms. The Hall–Kier alpha value is -1.57. The Labute approximate surface area is 122 Å². The van der Waals surface area contributed by atoms with Crippen molar-refractivity contribution in [2.24, 2.45) is 0 Å². The molecule has 0 radical (unpaired) electrons. The van der Waals surface area contributed by atoms with Gasteiger partial charge in [0.15, 0.2) is 0 Å². The Morgan fingerprint density at radius 2 is 1.70 bits per heavy atom. The van der Waals surface area contributed by atoms with Crippen LogP contribution in [0.15, 0.2) is 28.7 Å². The summed E-state index contributed by atoms with van der Waals surface area (Å²) in [5.74, 6) is 1.96. The van der Waals surface area contributed by atoms with E-state index in [0.29, 0.717) is 0 Å². The van der Waals surface area contributed by atoms with E-state index in [1.807, 2.05) is 6.92 Å². The van der Waals surface area contributed by atoms with E-state index < -0.39 is 0 Å². The van der Waals surface area contributed by atoms with Gasteiger partial charge in [0.2, 0.25) is 5.36 Å². The van der Waals surface area contributed by atoms with Crippen molar-refractivity contribution in [3.63, 3.8) is 0 Å². The van der Waals surface area contributed by atoms with Gasteiger partial charge in [0.1, 0.15) is 24.6 Å². The lowest BCUT2D eigenvalue weighted by atomic mass is 9.83. The van der Waals surface area contributed by atoms with Gasteiger partial charge in [0, 0.05) is 11.6 Å². The Morgan fingerprint density at radius 1 is 1.05 bits per heavy atom. The maximum Gasteiger partial charge on any atom is 0.203 e. The Kier molecular flexibility index (Phi) is 4.03. The maximum absolute atomic E-state index is 5.95. The average Bonchev–Trinajstić information content (AvgIpc) is 2.37. The molecule has 1 heterocycles. The van der Waals surface area contributed by atoms with Gasteiger partial charge in [-0.15, -0.1) is 0 Å². The lowest BCUT2D eigenvalue weighted by Gasteiger charge is -2.23. The fourth-order valence-electron chi connectivity index (χ4n) is 2.71. The van der Waals surface area contributed by atoms with E-state index in [0.717, 1.165) is 24.6 Å². The average molecular weight is 272 g/mol. The van der Waals surface area contributed by atoms with Crippen molar-refractivity contribution in [3.05, 3.63) is 40.9 Å². The zero-order valence-electron chi connectivity index (χ0n) is 13.6. The predicted octanol–water partition coefficient (Wildman–Crippen LogP) is 3.80. The highest BCUT2D eigenvalue weighted by molar-refractivity contribution is 5.64. The van der Waals surface area contributed by atoms with E-state index in [4.69, 9.17) is 4.42 Å². The van der Waals surface area contributed by atoms with Crippen LogP contribution in [0.1, 0.15) is 45.9 Å². The summed E-state index contributed by atoms with van der Waals surface area (Å²) in [6.07, 6.45) is 0. The fraction of sp³-hybridized carbons (Fsp3) is 0.500. The molecule has 0 spiro atoms. The van der Waals surface area contributed by atoms with Crippen molar-refractivity contribution in [2.75, 3.05) is 13.1 Å². The van der Waals surface area contributed by atoms with Crippen molar-refractivity contribution >= 4 is 0 Å². The second-order valence-corrected chi connectivity index (χ2v) is 6.37. The first-order valence-electron chi connectivity index (χ1n) is 7.49. The summed E-state index contributed by atoms with van der Waals surface area (Å²) in [7, 11) is 0. The highest BCUT2D eigenvalue weighted by Crippen LogP contribution is 2.34. The second-order valence-electron chi connectivity index (χ2n) is 6.37. The van der Waals surface area contributed by atoms with E-state index >= 15 is 0 Å². The van der Waals surface area contributed by atoms with E-state index in [9.17, 15) is 0 Å². The van der Waals surface area contributed by atoms with Gasteiger partial charge >= 0.3 is 0 Å². The lowest BCUT2D eigenvalue weighted by Crippen LogP contribution is -2.29. The van der Waals surface area contributed by atoms with Crippen molar-refractivity contribution in [1.29, 1.82) is 0 Å². The third-order valence-electron chi connectivity index (χ3n) is 3.81. The molecule has 0 bridgehead atoms. The summed E-state index contributed by atoms with van der Waals surface area (Å²) in [5.41, 5.74) is 2.69. The molecule has 0 N–H and O–H groups in total. The smallest absolute Gasteiger partial charge is 0.203 e. The number of hydrogen-bond acceptors (Lipinski definition) is 1. The summed E-state index contributed by atoms with van der Waals surface area (Å²) in [6.45, 7) is 15.2. The molecule has 1 aliphatic heterocycles. The molecule has 1 aliphatic carbocycles. The van der Waals surface area contributed by atoms with Gasteiger partial charge in [-0.2, -0.15) is 0 Å². The van der Waals surface area contributed by atoms with Crippen LogP contribution in [0.5, 0.6) is 0 Å². The molecule has 0 fully saturated rings. The van der Waals surface area contributed by atoms with Gasteiger partial charge in [-0.05, 0) is 43.9 Å². The van der Waals surface area contributed by atoms with Crippen LogP contribution in [-0.2, 0) is 5.41 Å². The van der Waals surface area contributed by atoms with Crippen LogP contribution >= 0.6 is 0 Å². The largest absolute Gasteiger partial charge is 0.461 e. The number of benzene rings is 1. The monoisotopic (exact) mass is 272 g/mol. The van der Waals surface area contributed by atoms with Crippen LogP contribution in [0.25, 0.3) is 11.3 Å². The summed E-state index contributed by atoms with van der Waals surface area (Å²) < 4.78 is 8.29. The third-order valence-corrected chi connectivity index (χ3v) is 3.81. The van der Waals surface area contributed by atoms with Crippen molar-refractivity contribution in [3.8, 4) is 11.3 Å². The topological polar surface area (TPSA) is 16.1 Å². The molecule has 0 saturated carbocycles. The van der Waals surface area contributed by atoms with Gasteiger partial charge in [-0.25, -0.2) is 4.58 Å². The minimum absolute atomic E-state index is 0.122. The molecule has 0 aromatic rings. The summed E-state index contributed by atoms with van der Waals surface area (Å²) in [4.78, 5) is 0. The second kappa shape index (κ2) is 5.43. The summed E-state index contributed by atoms with van der Waals surface area (Å²) in [6, 6.07) is 8.74. The van der Waals surface area contributed by atoms with Crippen LogP contribution in [0.3, 0.4) is 0 Å². The van der Waals surface area contributed by atoms with E-state index in [1.54, 1.807) is 0 Å². The Balaban J connectivity index is 2.78. The quantitative estimate of drug-likeness (QED) is 0.759. The number of aryl methyl sites for hydroxylation is 1. The first-order chi connectivity index (χ1) is 9.36. The fourth-order valence-corrected chi connectivity index (χ4v) is 2.71. The van der Waals surface area contributed by atoms with Crippen LogP contribution in [-0.4, -0.2) is 13.1 Å². The van der Waals surface area contributed by atoms with Crippen molar-refractivity contribution < 1.29 is 4.42 Å². The summed E-state index contributed by atoms with van der Waals surface area (Å²) >= 11 is 0. The summed E-state index contributed by atoms with van der Waals surface area (Å²) in [5, 5.41) is 1.23. The number of fused-ring (bicyclic) bond motifs is 1. The third kappa shape index (κ3) is 2.79. The predicted molar refractivity (Wildman–Crippen MR) is 85.1 cm³/mol. The number of rotatable bonds is 2. The van der Waals surface area contributed by atoms with Crippen LogP contribution in [0.2, 0.25) is 0 Å². The molecule has 0 atom stereocenters. The van der Waals surface area contributed by atoms with Gasteiger partial charge in [-0.3, -0.25) is 0 Å². The van der Waals surface area contributed by atoms with Gasteiger partial charge in [0.05, 0.1) is 6.07 Å². The van der Waals surface area contributed by atoms with Gasteiger partial charge in [-0.1, -0.05) is 20.8 Å². The zero-order chi connectivity index (χ0) is 14.9. The molecule has 0 unspecified atom stereocenters. The lowest BCUT2D eigenvalue weighted by molar-refractivity contribution is 0.509. The molecule has 2 rings (SSSR count). The van der Waals surface area contributed by atoms with Crippen molar-refractivity contribution in [1.82, 2.24) is 4.58 Å². The molecule has 0 saturated heterocycles. The minimum atomic E-state index is 0.122. The van der Waals surface area contributed by atoms with Crippen LogP contribution in [0.4, 0.5) is 0 Å². The van der Waals surface area contributed by atoms with Crippen molar-refractivity contribution in [2.45, 2.75) is 47.0 Å². The standard InChI is InChI=1S/C18H26NO/c1-7-19(8-2)14-9-10-15-16(18(4,5)6)11-13(3)20-17(15)12-14/h9-12H,7-8H2,1-6H3/q+1. The van der Waals surface area contributed by atoms with E-state index in [1.165, 1.54) is 16.5 Å². The van der Waals surface area contributed by atoms with E-state index in [2.05, 4.69) is 63.5 Å². The highest BCUT2D eigenvalue weighted by Gasteiger charge is 2.22. The SMILES string of the molecule is CC[N+](CC)=c1ccc2c(C(C)(C)C)cc(C)oc-2c1. The molecular formula is C18H26NO+. The number of hydrogen-bond donors (Lipinski definition) is 0. The molecule has 108 valence electrons.